The number of likely N-dealkylation sites (N-methyl/N-ethyl adjacent to an activating group) is 1. The Morgan fingerprint density at radius 1 is 1.41 bits per heavy atom. The van der Waals surface area contributed by atoms with E-state index in [4.69, 9.17) is 17.3 Å². The molecule has 5 heteroatoms. The zero-order valence-corrected chi connectivity index (χ0v) is 12.3. The van der Waals surface area contributed by atoms with Crippen LogP contribution in [0.2, 0.25) is 5.02 Å². The van der Waals surface area contributed by atoms with Crippen LogP contribution in [0.25, 0.3) is 0 Å². The van der Waals surface area contributed by atoms with Crippen LogP contribution in [0.15, 0.2) is 6.20 Å². The molecule has 1 heterocycles. The van der Waals surface area contributed by atoms with E-state index in [0.29, 0.717) is 5.02 Å². The van der Waals surface area contributed by atoms with E-state index in [0.717, 1.165) is 5.69 Å². The molecule has 1 rings (SSSR count). The van der Waals surface area contributed by atoms with Gasteiger partial charge in [-0.1, -0.05) is 11.6 Å². The fourth-order valence-electron chi connectivity index (χ4n) is 1.67. The van der Waals surface area contributed by atoms with Crippen molar-refractivity contribution >= 4 is 11.6 Å². The molecule has 0 aliphatic rings. The highest BCUT2D eigenvalue weighted by atomic mass is 35.5. The topological polar surface area (TPSA) is 47.1 Å². The summed E-state index contributed by atoms with van der Waals surface area (Å²) in [5, 5.41) is 4.94. The summed E-state index contributed by atoms with van der Waals surface area (Å²) in [7, 11) is 4.04. The number of rotatable bonds is 4. The summed E-state index contributed by atoms with van der Waals surface area (Å²) in [6.07, 6.45) is 1.67. The van der Waals surface area contributed by atoms with Gasteiger partial charge in [0.1, 0.15) is 0 Å². The maximum atomic E-state index is 6.37. The van der Waals surface area contributed by atoms with Gasteiger partial charge < -0.3 is 10.6 Å². The van der Waals surface area contributed by atoms with Gasteiger partial charge in [-0.15, -0.1) is 0 Å². The average Bonchev–Trinajstić information content (AvgIpc) is 2.58. The van der Waals surface area contributed by atoms with E-state index in [9.17, 15) is 0 Å². The van der Waals surface area contributed by atoms with Gasteiger partial charge in [0.05, 0.1) is 23.0 Å². The molecule has 98 valence electrons. The van der Waals surface area contributed by atoms with Crippen LogP contribution in [0.1, 0.15) is 45.5 Å². The maximum Gasteiger partial charge on any atom is 0.0834 e. The third-order valence-corrected chi connectivity index (χ3v) is 3.78. The van der Waals surface area contributed by atoms with Crippen molar-refractivity contribution in [1.29, 1.82) is 0 Å². The first kappa shape index (κ1) is 14.5. The third-order valence-electron chi connectivity index (χ3n) is 3.48. The zero-order chi connectivity index (χ0) is 13.4. The van der Waals surface area contributed by atoms with E-state index in [1.54, 1.807) is 6.20 Å². The highest BCUT2D eigenvalue weighted by Crippen LogP contribution is 2.32. The smallest absolute Gasteiger partial charge is 0.0834 e. The molecule has 0 bridgehead atoms. The number of nitrogens with two attached hydrogens (primary N) is 1. The summed E-state index contributed by atoms with van der Waals surface area (Å²) in [6, 6.07) is 0.0661. The molecule has 0 radical (unpaired) electrons. The summed E-state index contributed by atoms with van der Waals surface area (Å²) < 4.78 is 1.90. The van der Waals surface area contributed by atoms with Crippen LogP contribution < -0.4 is 5.73 Å². The van der Waals surface area contributed by atoms with Crippen LogP contribution in [-0.2, 0) is 0 Å². The van der Waals surface area contributed by atoms with Crippen molar-refractivity contribution in [3.63, 3.8) is 0 Å². The van der Waals surface area contributed by atoms with Gasteiger partial charge in [0.15, 0.2) is 0 Å². The lowest BCUT2D eigenvalue weighted by Crippen LogP contribution is -2.48. The van der Waals surface area contributed by atoms with Gasteiger partial charge in [-0.25, -0.2) is 0 Å². The number of hydrogen-bond acceptors (Lipinski definition) is 3. The van der Waals surface area contributed by atoms with Crippen LogP contribution in [0, 0.1) is 0 Å². The number of aromatic nitrogens is 2. The molecule has 0 aliphatic heterocycles. The molecule has 0 saturated heterocycles. The first-order valence-electron chi connectivity index (χ1n) is 5.85. The van der Waals surface area contributed by atoms with Gasteiger partial charge in [0.25, 0.3) is 0 Å². The molecule has 2 N–H and O–H groups in total. The molecular weight excluding hydrogens is 236 g/mol. The molecule has 17 heavy (non-hydrogen) atoms. The molecule has 0 saturated carbocycles. The minimum atomic E-state index is -0.185. The van der Waals surface area contributed by atoms with Crippen molar-refractivity contribution in [2.75, 3.05) is 14.1 Å². The minimum Gasteiger partial charge on any atom is -0.321 e. The van der Waals surface area contributed by atoms with Crippen molar-refractivity contribution in [1.82, 2.24) is 14.7 Å². The van der Waals surface area contributed by atoms with E-state index < -0.39 is 0 Å². The fourth-order valence-corrected chi connectivity index (χ4v) is 1.91. The lowest BCUT2D eigenvalue weighted by molar-refractivity contribution is 0.153. The van der Waals surface area contributed by atoms with Crippen molar-refractivity contribution < 1.29 is 0 Å². The molecule has 0 aliphatic carbocycles. The Balaban J connectivity index is 3.20. The highest BCUT2D eigenvalue weighted by molar-refractivity contribution is 6.31. The third kappa shape index (κ3) is 2.64. The predicted octanol–water partition coefficient (Wildman–Crippen LogP) is 2.46. The Bertz CT molecular complexity index is 382. The Kier molecular flexibility index (Phi) is 4.23. The molecule has 1 aromatic heterocycles. The number of halogens is 1. The lowest BCUT2D eigenvalue weighted by atomic mass is 9.91. The second-order valence-electron chi connectivity index (χ2n) is 5.44. The van der Waals surface area contributed by atoms with E-state index >= 15 is 0 Å². The van der Waals surface area contributed by atoms with Crippen LogP contribution >= 0.6 is 11.6 Å². The standard InChI is InChI=1S/C12H23ClN4/c1-8(2)17-10(9(13)7-15-17)11(14)12(3,4)16(5)6/h7-8,11H,14H2,1-6H3. The van der Waals surface area contributed by atoms with Gasteiger partial charge in [-0.05, 0) is 41.8 Å². The molecule has 1 atom stereocenters. The maximum absolute atomic E-state index is 6.37. The van der Waals surface area contributed by atoms with Crippen molar-refractivity contribution in [2.24, 2.45) is 5.73 Å². The monoisotopic (exact) mass is 258 g/mol. The molecular formula is C12H23ClN4. The van der Waals surface area contributed by atoms with Crippen LogP contribution in [0.5, 0.6) is 0 Å². The summed E-state index contributed by atoms with van der Waals surface area (Å²) in [6.45, 7) is 8.35. The first-order valence-corrected chi connectivity index (χ1v) is 6.23. The van der Waals surface area contributed by atoms with E-state index in [-0.39, 0.29) is 17.6 Å². The van der Waals surface area contributed by atoms with E-state index in [1.165, 1.54) is 0 Å². The largest absolute Gasteiger partial charge is 0.321 e. The van der Waals surface area contributed by atoms with Gasteiger partial charge in [0, 0.05) is 11.6 Å². The normalized spacial score (nSPS) is 14.7. The molecule has 0 amide bonds. The van der Waals surface area contributed by atoms with Crippen molar-refractivity contribution in [2.45, 2.75) is 45.3 Å². The van der Waals surface area contributed by atoms with Crippen LogP contribution in [0.4, 0.5) is 0 Å². The molecule has 0 aromatic carbocycles. The quantitative estimate of drug-likeness (QED) is 0.903. The lowest BCUT2D eigenvalue weighted by Gasteiger charge is -2.38. The highest BCUT2D eigenvalue weighted by Gasteiger charge is 2.34. The SMILES string of the molecule is CC(C)n1ncc(Cl)c1C(N)C(C)(C)N(C)C. The second-order valence-corrected chi connectivity index (χ2v) is 5.85. The predicted molar refractivity (Wildman–Crippen MR) is 72.3 cm³/mol. The molecule has 1 aromatic rings. The fraction of sp³-hybridized carbons (Fsp3) is 0.750. The van der Waals surface area contributed by atoms with Crippen LogP contribution in [0.3, 0.4) is 0 Å². The minimum absolute atomic E-state index is 0.184. The average molecular weight is 259 g/mol. The van der Waals surface area contributed by atoms with E-state index in [2.05, 4.69) is 37.7 Å². The van der Waals surface area contributed by atoms with Crippen molar-refractivity contribution in [3.05, 3.63) is 16.9 Å². The summed E-state index contributed by atoms with van der Waals surface area (Å²) >= 11 is 6.21. The van der Waals surface area contributed by atoms with E-state index in [1.807, 2.05) is 18.8 Å². The van der Waals surface area contributed by atoms with Gasteiger partial charge in [0.2, 0.25) is 0 Å². The molecule has 0 spiro atoms. The van der Waals surface area contributed by atoms with Gasteiger partial charge >= 0.3 is 0 Å². The first-order chi connectivity index (χ1) is 7.69. The summed E-state index contributed by atoms with van der Waals surface area (Å²) in [5.74, 6) is 0. The summed E-state index contributed by atoms with van der Waals surface area (Å²) in [4.78, 5) is 2.10. The summed E-state index contributed by atoms with van der Waals surface area (Å²) in [5.41, 5.74) is 7.09. The Labute approximate surface area is 109 Å². The van der Waals surface area contributed by atoms with Gasteiger partial charge in [-0.2, -0.15) is 5.10 Å². The Morgan fingerprint density at radius 2 is 1.94 bits per heavy atom. The molecule has 4 nitrogen and oxygen atoms in total. The molecule has 0 fully saturated rings. The van der Waals surface area contributed by atoms with Gasteiger partial charge in [-0.3, -0.25) is 4.68 Å². The van der Waals surface area contributed by atoms with Crippen LogP contribution in [-0.4, -0.2) is 34.3 Å². The Morgan fingerprint density at radius 3 is 2.35 bits per heavy atom. The zero-order valence-electron chi connectivity index (χ0n) is 11.5. The van der Waals surface area contributed by atoms with Crippen molar-refractivity contribution in [3.8, 4) is 0 Å². The number of hydrogen-bond donors (Lipinski definition) is 1. The number of nitrogens with zero attached hydrogens (tertiary/aromatic N) is 3. The Hall–Kier alpha value is -0.580. The molecule has 1 unspecified atom stereocenters. The second kappa shape index (κ2) is 4.96.